The first-order valence-electron chi connectivity index (χ1n) is 5.71. The van der Waals surface area contributed by atoms with Crippen molar-refractivity contribution in [1.29, 1.82) is 0 Å². The van der Waals surface area contributed by atoms with Crippen LogP contribution >= 0.6 is 11.6 Å². The fraction of sp³-hybridized carbons (Fsp3) is 0.143. The average Bonchev–Trinajstić information content (AvgIpc) is 2.38. The molecule has 18 heavy (non-hydrogen) atoms. The number of aliphatic hydroxyl groups excluding tert-OH is 1. The minimum atomic E-state index is 0.0877. The Balaban J connectivity index is 2.40. The maximum absolute atomic E-state index is 8.88. The monoisotopic (exact) mass is 262 g/mol. The van der Waals surface area contributed by atoms with Gasteiger partial charge in [-0.15, -0.1) is 0 Å². The maximum Gasteiger partial charge on any atom is 0.0604 e. The van der Waals surface area contributed by atoms with Gasteiger partial charge in [-0.3, -0.25) is 0 Å². The Morgan fingerprint density at radius 1 is 1.11 bits per heavy atom. The molecule has 0 aliphatic rings. The fourth-order valence-electron chi connectivity index (χ4n) is 1.77. The zero-order chi connectivity index (χ0) is 13.0. The number of aliphatic hydroxyl groups is 1. The van der Waals surface area contributed by atoms with Crippen LogP contribution < -0.4 is 11.1 Å². The molecule has 2 aromatic rings. The summed E-state index contributed by atoms with van der Waals surface area (Å²) in [5, 5.41) is 12.7. The lowest BCUT2D eigenvalue weighted by molar-refractivity contribution is 0.311. The number of rotatable bonds is 4. The van der Waals surface area contributed by atoms with Gasteiger partial charge in [-0.1, -0.05) is 23.7 Å². The molecule has 0 heterocycles. The molecule has 0 bridgehead atoms. The van der Waals surface area contributed by atoms with E-state index >= 15 is 0 Å². The second kappa shape index (κ2) is 5.76. The predicted molar refractivity (Wildman–Crippen MR) is 76.9 cm³/mol. The van der Waals surface area contributed by atoms with Crippen LogP contribution in [0, 0.1) is 0 Å². The van der Waals surface area contributed by atoms with Crippen molar-refractivity contribution in [1.82, 2.24) is 0 Å². The average molecular weight is 263 g/mol. The highest BCUT2D eigenvalue weighted by Crippen LogP contribution is 2.30. The van der Waals surface area contributed by atoms with Gasteiger partial charge in [0, 0.05) is 28.5 Å². The molecule has 0 saturated heterocycles. The highest BCUT2D eigenvalue weighted by molar-refractivity contribution is 6.30. The van der Waals surface area contributed by atoms with Crippen LogP contribution in [-0.2, 0) is 0 Å². The second-order valence-corrected chi connectivity index (χ2v) is 4.40. The van der Waals surface area contributed by atoms with Gasteiger partial charge >= 0.3 is 0 Å². The molecule has 3 nitrogen and oxygen atoms in total. The molecule has 0 aliphatic heterocycles. The van der Waals surface area contributed by atoms with Crippen LogP contribution in [0.15, 0.2) is 42.5 Å². The molecular formula is C14H15ClN2O. The zero-order valence-electron chi connectivity index (χ0n) is 9.86. The van der Waals surface area contributed by atoms with E-state index < -0.39 is 0 Å². The molecule has 0 spiro atoms. The number of halogens is 1. The first-order valence-corrected chi connectivity index (χ1v) is 6.08. The number of nitrogen functional groups attached to an aromatic ring is 1. The molecule has 94 valence electrons. The van der Waals surface area contributed by atoms with E-state index in [9.17, 15) is 0 Å². The van der Waals surface area contributed by atoms with Crippen LogP contribution in [0.2, 0.25) is 5.02 Å². The fourth-order valence-corrected chi connectivity index (χ4v) is 1.90. The summed E-state index contributed by atoms with van der Waals surface area (Å²) in [6.07, 6.45) is 0. The molecule has 4 heteroatoms. The molecule has 2 rings (SSSR count). The molecule has 0 aromatic heterocycles. The number of benzene rings is 2. The predicted octanol–water partition coefficient (Wildman–Crippen LogP) is 2.99. The van der Waals surface area contributed by atoms with Crippen LogP contribution in [-0.4, -0.2) is 18.3 Å². The van der Waals surface area contributed by atoms with E-state index in [0.717, 1.165) is 16.8 Å². The van der Waals surface area contributed by atoms with E-state index in [1.165, 1.54) is 0 Å². The Morgan fingerprint density at radius 3 is 2.50 bits per heavy atom. The van der Waals surface area contributed by atoms with Crippen molar-refractivity contribution >= 4 is 23.0 Å². The Hall–Kier alpha value is -1.71. The van der Waals surface area contributed by atoms with Gasteiger partial charge in [0.15, 0.2) is 0 Å². The van der Waals surface area contributed by atoms with Crippen LogP contribution in [0.1, 0.15) is 0 Å². The second-order valence-electron chi connectivity index (χ2n) is 3.96. The van der Waals surface area contributed by atoms with E-state index in [1.807, 2.05) is 42.5 Å². The van der Waals surface area contributed by atoms with E-state index in [-0.39, 0.29) is 6.61 Å². The summed E-state index contributed by atoms with van der Waals surface area (Å²) >= 11 is 5.88. The highest BCUT2D eigenvalue weighted by Gasteiger charge is 2.05. The number of nitrogens with one attached hydrogen (secondary N) is 1. The third-order valence-corrected chi connectivity index (χ3v) is 2.88. The number of nitrogens with two attached hydrogens (primary N) is 1. The molecule has 0 unspecified atom stereocenters. The highest BCUT2D eigenvalue weighted by atomic mass is 35.5. The van der Waals surface area contributed by atoms with E-state index in [2.05, 4.69) is 5.32 Å². The third kappa shape index (κ3) is 2.94. The van der Waals surface area contributed by atoms with Crippen molar-refractivity contribution in [2.24, 2.45) is 0 Å². The number of hydrogen-bond acceptors (Lipinski definition) is 3. The van der Waals surface area contributed by atoms with Gasteiger partial charge in [0.1, 0.15) is 0 Å². The summed E-state index contributed by atoms with van der Waals surface area (Å²) in [6.45, 7) is 0.592. The van der Waals surface area contributed by atoms with Gasteiger partial charge in [0.25, 0.3) is 0 Å². The molecule has 0 aliphatic carbocycles. The lowest BCUT2D eigenvalue weighted by atomic mass is 10.0. The van der Waals surface area contributed by atoms with E-state index in [4.69, 9.17) is 22.4 Å². The van der Waals surface area contributed by atoms with Crippen molar-refractivity contribution < 1.29 is 5.11 Å². The Kier molecular flexibility index (Phi) is 4.07. The van der Waals surface area contributed by atoms with Crippen molar-refractivity contribution in [2.45, 2.75) is 0 Å². The lowest BCUT2D eigenvalue weighted by Crippen LogP contribution is -2.06. The van der Waals surface area contributed by atoms with Gasteiger partial charge in [0.05, 0.1) is 6.61 Å². The van der Waals surface area contributed by atoms with Crippen molar-refractivity contribution in [3.63, 3.8) is 0 Å². The van der Waals surface area contributed by atoms with Crippen molar-refractivity contribution in [3.8, 4) is 11.1 Å². The molecule has 0 atom stereocenters. The molecule has 2 aromatic carbocycles. The standard InChI is InChI=1S/C14H15ClN2O/c15-11-3-1-10(2-4-11)13-9-12(16)5-6-14(13)17-7-8-18/h1-6,9,17-18H,7-8,16H2. The van der Waals surface area contributed by atoms with Crippen LogP contribution in [0.5, 0.6) is 0 Å². The largest absolute Gasteiger partial charge is 0.399 e. The van der Waals surface area contributed by atoms with Gasteiger partial charge < -0.3 is 16.2 Å². The van der Waals surface area contributed by atoms with Crippen LogP contribution in [0.4, 0.5) is 11.4 Å². The van der Waals surface area contributed by atoms with Gasteiger partial charge in [0.2, 0.25) is 0 Å². The van der Waals surface area contributed by atoms with Gasteiger partial charge in [-0.05, 0) is 35.9 Å². The SMILES string of the molecule is Nc1ccc(NCCO)c(-c2ccc(Cl)cc2)c1. The van der Waals surface area contributed by atoms with Gasteiger partial charge in [-0.25, -0.2) is 0 Å². The molecule has 0 radical (unpaired) electrons. The molecular weight excluding hydrogens is 248 g/mol. The van der Waals surface area contributed by atoms with Gasteiger partial charge in [-0.2, -0.15) is 0 Å². The summed E-state index contributed by atoms with van der Waals surface area (Å²) in [5.74, 6) is 0. The van der Waals surface area contributed by atoms with E-state index in [1.54, 1.807) is 0 Å². The topological polar surface area (TPSA) is 58.3 Å². The first kappa shape index (κ1) is 12.7. The summed E-state index contributed by atoms with van der Waals surface area (Å²) in [6, 6.07) is 13.2. The minimum Gasteiger partial charge on any atom is -0.399 e. The summed E-state index contributed by atoms with van der Waals surface area (Å²) in [4.78, 5) is 0. The van der Waals surface area contributed by atoms with Crippen molar-refractivity contribution in [3.05, 3.63) is 47.5 Å². The number of hydrogen-bond donors (Lipinski definition) is 3. The van der Waals surface area contributed by atoms with E-state index in [0.29, 0.717) is 17.3 Å². The third-order valence-electron chi connectivity index (χ3n) is 2.63. The summed E-state index contributed by atoms with van der Waals surface area (Å²) in [7, 11) is 0. The quantitative estimate of drug-likeness (QED) is 0.743. The normalized spacial score (nSPS) is 10.3. The first-order chi connectivity index (χ1) is 8.70. The Morgan fingerprint density at radius 2 is 1.83 bits per heavy atom. The molecule has 0 fully saturated rings. The van der Waals surface area contributed by atoms with Crippen LogP contribution in [0.25, 0.3) is 11.1 Å². The Labute approximate surface area is 111 Å². The lowest BCUT2D eigenvalue weighted by Gasteiger charge is -2.12. The minimum absolute atomic E-state index is 0.0877. The van der Waals surface area contributed by atoms with Crippen molar-refractivity contribution in [2.75, 3.05) is 24.2 Å². The zero-order valence-corrected chi connectivity index (χ0v) is 10.6. The number of anilines is 2. The molecule has 0 saturated carbocycles. The summed E-state index contributed by atoms with van der Waals surface area (Å²) in [5.41, 5.74) is 9.50. The summed E-state index contributed by atoms with van der Waals surface area (Å²) < 4.78 is 0. The maximum atomic E-state index is 8.88. The Bertz CT molecular complexity index is 526. The smallest absolute Gasteiger partial charge is 0.0604 e. The van der Waals surface area contributed by atoms with Crippen LogP contribution in [0.3, 0.4) is 0 Å². The molecule has 0 amide bonds. The molecule has 4 N–H and O–H groups in total.